The third-order valence-electron chi connectivity index (χ3n) is 4.11. The Bertz CT molecular complexity index is 424. The van der Waals surface area contributed by atoms with E-state index in [0.717, 1.165) is 19.4 Å². The zero-order chi connectivity index (χ0) is 12.0. The highest BCUT2D eigenvalue weighted by molar-refractivity contribution is 7.15. The van der Waals surface area contributed by atoms with Gasteiger partial charge in [0.25, 0.3) is 0 Å². The number of anilines is 1. The summed E-state index contributed by atoms with van der Waals surface area (Å²) in [5.74, 6) is 0. The van der Waals surface area contributed by atoms with Gasteiger partial charge in [0.15, 0.2) is 5.13 Å². The zero-order valence-corrected chi connectivity index (χ0v) is 11.5. The average molecular weight is 251 g/mol. The molecule has 4 heteroatoms. The van der Waals surface area contributed by atoms with Crippen LogP contribution in [0.15, 0.2) is 0 Å². The molecular formula is C13H21N3S. The molecule has 1 unspecified atom stereocenters. The van der Waals surface area contributed by atoms with Crippen molar-refractivity contribution in [1.82, 2.24) is 4.98 Å². The maximum absolute atomic E-state index is 6.18. The maximum Gasteiger partial charge on any atom is 0.186 e. The van der Waals surface area contributed by atoms with Crippen molar-refractivity contribution in [2.75, 3.05) is 11.4 Å². The number of hydrogen-bond acceptors (Lipinski definition) is 4. The summed E-state index contributed by atoms with van der Waals surface area (Å²) in [5, 5.41) is 1.20. The van der Waals surface area contributed by atoms with E-state index in [0.29, 0.717) is 0 Å². The number of nitrogens with zero attached hydrogens (tertiary/aromatic N) is 2. The Balaban J connectivity index is 1.94. The average Bonchev–Trinajstić information content (AvgIpc) is 2.81. The summed E-state index contributed by atoms with van der Waals surface area (Å²) in [6.07, 6.45) is 5.99. The van der Waals surface area contributed by atoms with Crippen LogP contribution in [0.25, 0.3) is 0 Å². The normalized spacial score (nSPS) is 27.2. The molecule has 1 aliphatic heterocycles. The first-order valence-electron chi connectivity index (χ1n) is 6.61. The smallest absolute Gasteiger partial charge is 0.186 e. The van der Waals surface area contributed by atoms with Crippen molar-refractivity contribution in [1.29, 1.82) is 0 Å². The van der Waals surface area contributed by atoms with E-state index in [1.807, 2.05) is 11.3 Å². The standard InChI is InChI=1S/C13H21N3S/c1-13(2)7-4-8-16(13)12-15-10-6-3-5-9(14)11(10)17-12/h9H,3-8,14H2,1-2H3. The Labute approximate surface area is 107 Å². The minimum atomic E-state index is 0.232. The van der Waals surface area contributed by atoms with Crippen LogP contribution in [0.2, 0.25) is 0 Å². The van der Waals surface area contributed by atoms with Gasteiger partial charge in [0.05, 0.1) is 5.69 Å². The predicted molar refractivity (Wildman–Crippen MR) is 72.6 cm³/mol. The van der Waals surface area contributed by atoms with E-state index < -0.39 is 0 Å². The molecule has 1 aromatic rings. The van der Waals surface area contributed by atoms with Gasteiger partial charge in [0, 0.05) is 23.0 Å². The quantitative estimate of drug-likeness (QED) is 0.834. The molecule has 1 aromatic heterocycles. The molecule has 3 nitrogen and oxygen atoms in total. The zero-order valence-electron chi connectivity index (χ0n) is 10.7. The van der Waals surface area contributed by atoms with Crippen LogP contribution in [0.4, 0.5) is 5.13 Å². The number of fused-ring (bicyclic) bond motifs is 1. The van der Waals surface area contributed by atoms with E-state index in [1.54, 1.807) is 0 Å². The van der Waals surface area contributed by atoms with Gasteiger partial charge in [-0.15, -0.1) is 0 Å². The number of aromatic nitrogens is 1. The van der Waals surface area contributed by atoms with Gasteiger partial charge in [-0.05, 0) is 46.0 Å². The molecule has 1 atom stereocenters. The SMILES string of the molecule is CC1(C)CCCN1c1nc2c(s1)C(N)CCC2. The molecule has 0 bridgehead atoms. The highest BCUT2D eigenvalue weighted by atomic mass is 32.1. The molecule has 94 valence electrons. The largest absolute Gasteiger partial charge is 0.343 e. The molecule has 0 aromatic carbocycles. The number of nitrogens with two attached hydrogens (primary N) is 1. The lowest BCUT2D eigenvalue weighted by atomic mass is 9.99. The van der Waals surface area contributed by atoms with Crippen molar-refractivity contribution in [3.63, 3.8) is 0 Å². The first-order chi connectivity index (χ1) is 8.08. The van der Waals surface area contributed by atoms with Crippen molar-refractivity contribution in [3.8, 4) is 0 Å². The van der Waals surface area contributed by atoms with Crippen LogP contribution >= 0.6 is 11.3 Å². The van der Waals surface area contributed by atoms with Crippen LogP contribution in [0, 0.1) is 0 Å². The molecule has 1 fully saturated rings. The molecule has 0 saturated carbocycles. The van der Waals surface area contributed by atoms with Crippen LogP contribution in [-0.4, -0.2) is 17.1 Å². The van der Waals surface area contributed by atoms with E-state index in [-0.39, 0.29) is 11.6 Å². The second-order valence-electron chi connectivity index (χ2n) is 5.87. The van der Waals surface area contributed by atoms with E-state index in [2.05, 4.69) is 18.7 Å². The lowest BCUT2D eigenvalue weighted by molar-refractivity contribution is 0.516. The molecule has 17 heavy (non-hydrogen) atoms. The van der Waals surface area contributed by atoms with Gasteiger partial charge in [0.2, 0.25) is 0 Å². The highest BCUT2D eigenvalue weighted by Gasteiger charge is 2.35. The van der Waals surface area contributed by atoms with Gasteiger partial charge in [0.1, 0.15) is 0 Å². The van der Waals surface area contributed by atoms with Crippen molar-refractivity contribution >= 4 is 16.5 Å². The first-order valence-corrected chi connectivity index (χ1v) is 7.42. The summed E-state index contributed by atoms with van der Waals surface area (Å²) in [6.45, 7) is 5.79. The molecule has 2 aliphatic rings. The summed E-state index contributed by atoms with van der Waals surface area (Å²) < 4.78 is 0. The van der Waals surface area contributed by atoms with Crippen molar-refractivity contribution in [2.24, 2.45) is 5.73 Å². The van der Waals surface area contributed by atoms with Gasteiger partial charge >= 0.3 is 0 Å². The van der Waals surface area contributed by atoms with E-state index >= 15 is 0 Å². The summed E-state index contributed by atoms with van der Waals surface area (Å²) in [5.41, 5.74) is 7.72. The molecule has 2 heterocycles. The van der Waals surface area contributed by atoms with E-state index in [9.17, 15) is 0 Å². The Morgan fingerprint density at radius 3 is 2.88 bits per heavy atom. The molecular weight excluding hydrogens is 230 g/mol. The molecule has 0 amide bonds. The maximum atomic E-state index is 6.18. The molecule has 3 rings (SSSR count). The molecule has 0 spiro atoms. The van der Waals surface area contributed by atoms with Crippen LogP contribution in [0.1, 0.15) is 56.1 Å². The third kappa shape index (κ3) is 1.87. The minimum absolute atomic E-state index is 0.232. The lowest BCUT2D eigenvalue weighted by Gasteiger charge is -2.31. The Hall–Kier alpha value is -0.610. The molecule has 0 radical (unpaired) electrons. The second kappa shape index (κ2) is 3.95. The van der Waals surface area contributed by atoms with Gasteiger partial charge in [-0.2, -0.15) is 0 Å². The topological polar surface area (TPSA) is 42.2 Å². The first kappa shape index (κ1) is 11.5. The van der Waals surface area contributed by atoms with Crippen LogP contribution < -0.4 is 10.6 Å². The number of hydrogen-bond donors (Lipinski definition) is 1. The van der Waals surface area contributed by atoms with Gasteiger partial charge in [-0.1, -0.05) is 11.3 Å². The molecule has 2 N–H and O–H groups in total. The number of rotatable bonds is 1. The predicted octanol–water partition coefficient (Wildman–Crippen LogP) is 2.86. The fourth-order valence-electron chi connectivity index (χ4n) is 3.02. The van der Waals surface area contributed by atoms with Crippen molar-refractivity contribution in [2.45, 2.75) is 57.5 Å². The third-order valence-corrected chi connectivity index (χ3v) is 5.37. The van der Waals surface area contributed by atoms with Crippen LogP contribution in [0.5, 0.6) is 0 Å². The Kier molecular flexibility index (Phi) is 2.67. The fourth-order valence-corrected chi connectivity index (χ4v) is 4.35. The van der Waals surface area contributed by atoms with Crippen molar-refractivity contribution < 1.29 is 0 Å². The van der Waals surface area contributed by atoms with Gasteiger partial charge in [-0.3, -0.25) is 0 Å². The van der Waals surface area contributed by atoms with Crippen molar-refractivity contribution in [3.05, 3.63) is 10.6 Å². The van der Waals surface area contributed by atoms with Crippen LogP contribution in [-0.2, 0) is 6.42 Å². The molecule has 1 aliphatic carbocycles. The number of aryl methyl sites for hydroxylation is 1. The summed E-state index contributed by atoms with van der Waals surface area (Å²) >= 11 is 1.83. The highest BCUT2D eigenvalue weighted by Crippen LogP contribution is 2.41. The Morgan fingerprint density at radius 1 is 1.41 bits per heavy atom. The monoisotopic (exact) mass is 251 g/mol. The summed E-state index contributed by atoms with van der Waals surface area (Å²) in [7, 11) is 0. The second-order valence-corrected chi connectivity index (χ2v) is 6.88. The van der Waals surface area contributed by atoms with Gasteiger partial charge in [-0.25, -0.2) is 4.98 Å². The van der Waals surface area contributed by atoms with Gasteiger partial charge < -0.3 is 10.6 Å². The minimum Gasteiger partial charge on any atom is -0.343 e. The van der Waals surface area contributed by atoms with E-state index in [4.69, 9.17) is 10.7 Å². The van der Waals surface area contributed by atoms with E-state index in [1.165, 1.54) is 35.0 Å². The lowest BCUT2D eigenvalue weighted by Crippen LogP contribution is -2.38. The summed E-state index contributed by atoms with van der Waals surface area (Å²) in [4.78, 5) is 8.66. The molecule has 1 saturated heterocycles. The van der Waals surface area contributed by atoms with Crippen LogP contribution in [0.3, 0.4) is 0 Å². The summed E-state index contributed by atoms with van der Waals surface area (Å²) in [6, 6.07) is 0.232. The number of thiazole rings is 1. The Morgan fingerprint density at radius 2 is 2.24 bits per heavy atom. The fraction of sp³-hybridized carbons (Fsp3) is 0.769.